The van der Waals surface area contributed by atoms with Gasteiger partial charge in [0.25, 0.3) is 0 Å². The maximum Gasteiger partial charge on any atom is 0.188 e. The fourth-order valence-corrected chi connectivity index (χ4v) is 2.80. The van der Waals surface area contributed by atoms with E-state index in [1.807, 2.05) is 30.3 Å². The van der Waals surface area contributed by atoms with Gasteiger partial charge >= 0.3 is 0 Å². The molecule has 1 N–H and O–H groups in total. The highest BCUT2D eigenvalue weighted by Crippen LogP contribution is 2.42. The molecule has 0 fully saturated rings. The van der Waals surface area contributed by atoms with E-state index >= 15 is 0 Å². The van der Waals surface area contributed by atoms with Crippen molar-refractivity contribution in [1.29, 1.82) is 0 Å². The SMILES string of the molecule is COCOc1ccc(C2COc3cc(OCOC)ccc3C2O)cc1. The molecule has 2 unspecified atom stereocenters. The summed E-state index contributed by atoms with van der Waals surface area (Å²) >= 11 is 0. The Balaban J connectivity index is 1.73. The van der Waals surface area contributed by atoms with Crippen molar-refractivity contribution in [1.82, 2.24) is 0 Å². The Morgan fingerprint density at radius 2 is 1.60 bits per heavy atom. The Morgan fingerprint density at radius 3 is 2.28 bits per heavy atom. The van der Waals surface area contributed by atoms with Crippen molar-refractivity contribution in [3.63, 3.8) is 0 Å². The zero-order chi connectivity index (χ0) is 17.6. The van der Waals surface area contributed by atoms with Gasteiger partial charge in [-0.3, -0.25) is 0 Å². The first-order valence-electron chi connectivity index (χ1n) is 8.01. The van der Waals surface area contributed by atoms with Crippen molar-refractivity contribution in [2.24, 2.45) is 0 Å². The lowest BCUT2D eigenvalue weighted by Gasteiger charge is -2.31. The molecule has 6 heteroatoms. The topological polar surface area (TPSA) is 66.4 Å². The second kappa shape index (κ2) is 8.20. The maximum atomic E-state index is 10.8. The van der Waals surface area contributed by atoms with Gasteiger partial charge in [0.2, 0.25) is 0 Å². The van der Waals surface area contributed by atoms with Gasteiger partial charge in [-0.1, -0.05) is 12.1 Å². The quantitative estimate of drug-likeness (QED) is 0.778. The van der Waals surface area contributed by atoms with E-state index in [9.17, 15) is 5.11 Å². The summed E-state index contributed by atoms with van der Waals surface area (Å²) in [5, 5.41) is 10.8. The first-order chi connectivity index (χ1) is 12.2. The molecule has 0 bridgehead atoms. The normalized spacial score (nSPS) is 19.0. The molecule has 0 amide bonds. The fraction of sp³-hybridized carbons (Fsp3) is 0.368. The predicted octanol–water partition coefficient (Wildman–Crippen LogP) is 2.86. The van der Waals surface area contributed by atoms with E-state index in [2.05, 4.69) is 0 Å². The number of ether oxygens (including phenoxy) is 5. The summed E-state index contributed by atoms with van der Waals surface area (Å²) in [5.74, 6) is 1.86. The number of rotatable bonds is 7. The van der Waals surface area contributed by atoms with E-state index in [0.29, 0.717) is 18.1 Å². The smallest absolute Gasteiger partial charge is 0.188 e. The maximum absolute atomic E-state index is 10.8. The molecule has 0 aromatic heterocycles. The lowest BCUT2D eigenvalue weighted by Crippen LogP contribution is -2.24. The van der Waals surface area contributed by atoms with Crippen molar-refractivity contribution in [2.45, 2.75) is 12.0 Å². The number of methoxy groups -OCH3 is 2. The van der Waals surface area contributed by atoms with Crippen LogP contribution in [-0.2, 0) is 9.47 Å². The Kier molecular flexibility index (Phi) is 5.75. The fourth-order valence-electron chi connectivity index (χ4n) is 2.80. The molecule has 0 spiro atoms. The van der Waals surface area contributed by atoms with E-state index in [0.717, 1.165) is 16.9 Å². The minimum atomic E-state index is -0.647. The first-order valence-corrected chi connectivity index (χ1v) is 8.01. The zero-order valence-electron chi connectivity index (χ0n) is 14.3. The van der Waals surface area contributed by atoms with Crippen LogP contribution in [0.15, 0.2) is 42.5 Å². The van der Waals surface area contributed by atoms with Crippen LogP contribution in [0.5, 0.6) is 17.2 Å². The number of hydrogen-bond acceptors (Lipinski definition) is 6. The van der Waals surface area contributed by atoms with Crippen LogP contribution in [-0.4, -0.2) is 39.5 Å². The third-order valence-corrected chi connectivity index (χ3v) is 4.10. The zero-order valence-corrected chi connectivity index (χ0v) is 14.3. The van der Waals surface area contributed by atoms with Gasteiger partial charge in [-0.05, 0) is 29.8 Å². The number of aliphatic hydroxyl groups excluding tert-OH is 1. The highest BCUT2D eigenvalue weighted by Gasteiger charge is 2.31. The second-order valence-corrected chi connectivity index (χ2v) is 5.73. The Hall–Kier alpha value is -2.28. The first kappa shape index (κ1) is 17.5. The molecule has 6 nitrogen and oxygen atoms in total. The molecule has 0 saturated carbocycles. The molecule has 1 aliphatic heterocycles. The van der Waals surface area contributed by atoms with E-state index in [4.69, 9.17) is 23.7 Å². The lowest BCUT2D eigenvalue weighted by atomic mass is 9.87. The highest BCUT2D eigenvalue weighted by atomic mass is 16.7. The van der Waals surface area contributed by atoms with E-state index < -0.39 is 6.10 Å². The predicted molar refractivity (Wildman–Crippen MR) is 91.1 cm³/mol. The van der Waals surface area contributed by atoms with Crippen LogP contribution in [0.25, 0.3) is 0 Å². The minimum Gasteiger partial charge on any atom is -0.492 e. The number of fused-ring (bicyclic) bond motifs is 1. The molecule has 0 radical (unpaired) electrons. The molecular formula is C19H22O6. The van der Waals surface area contributed by atoms with Crippen molar-refractivity contribution in [3.05, 3.63) is 53.6 Å². The van der Waals surface area contributed by atoms with E-state index in [-0.39, 0.29) is 19.5 Å². The summed E-state index contributed by atoms with van der Waals surface area (Å²) < 4.78 is 26.4. The van der Waals surface area contributed by atoms with Gasteiger partial charge in [0.15, 0.2) is 13.6 Å². The molecule has 2 aromatic rings. The van der Waals surface area contributed by atoms with Crippen LogP contribution in [0.3, 0.4) is 0 Å². The molecular weight excluding hydrogens is 324 g/mol. The molecule has 0 saturated heterocycles. The van der Waals surface area contributed by atoms with Crippen molar-refractivity contribution >= 4 is 0 Å². The van der Waals surface area contributed by atoms with Crippen LogP contribution in [0.2, 0.25) is 0 Å². The van der Waals surface area contributed by atoms with Gasteiger partial charge in [-0.25, -0.2) is 0 Å². The number of hydrogen-bond donors (Lipinski definition) is 1. The van der Waals surface area contributed by atoms with Crippen LogP contribution in [0.1, 0.15) is 23.1 Å². The highest BCUT2D eigenvalue weighted by molar-refractivity contribution is 5.45. The van der Waals surface area contributed by atoms with E-state index in [1.54, 1.807) is 26.4 Å². The minimum absolute atomic E-state index is 0.144. The largest absolute Gasteiger partial charge is 0.492 e. The molecule has 25 heavy (non-hydrogen) atoms. The van der Waals surface area contributed by atoms with Crippen molar-refractivity contribution in [2.75, 3.05) is 34.4 Å². The van der Waals surface area contributed by atoms with Crippen LogP contribution in [0.4, 0.5) is 0 Å². The molecule has 2 atom stereocenters. The molecule has 134 valence electrons. The molecule has 1 aliphatic rings. The molecule has 2 aromatic carbocycles. The average Bonchev–Trinajstić information content (AvgIpc) is 2.65. The van der Waals surface area contributed by atoms with Gasteiger partial charge in [0.05, 0.1) is 12.7 Å². The van der Waals surface area contributed by atoms with Crippen LogP contribution >= 0.6 is 0 Å². The monoisotopic (exact) mass is 346 g/mol. The Labute approximate surface area is 146 Å². The Bertz CT molecular complexity index is 685. The third-order valence-electron chi connectivity index (χ3n) is 4.10. The average molecular weight is 346 g/mol. The summed E-state index contributed by atoms with van der Waals surface area (Å²) in [6.07, 6.45) is -0.647. The molecule has 1 heterocycles. The van der Waals surface area contributed by atoms with Crippen molar-refractivity contribution in [3.8, 4) is 17.2 Å². The van der Waals surface area contributed by atoms with Crippen LogP contribution in [0, 0.1) is 0 Å². The molecule has 0 aliphatic carbocycles. The summed E-state index contributed by atoms with van der Waals surface area (Å²) in [4.78, 5) is 0. The van der Waals surface area contributed by atoms with Gasteiger partial charge in [0, 0.05) is 31.8 Å². The summed E-state index contributed by atoms with van der Waals surface area (Å²) in [6, 6.07) is 13.0. The number of aliphatic hydroxyl groups is 1. The summed E-state index contributed by atoms with van der Waals surface area (Å²) in [7, 11) is 3.14. The van der Waals surface area contributed by atoms with Gasteiger partial charge in [-0.15, -0.1) is 0 Å². The van der Waals surface area contributed by atoms with Crippen molar-refractivity contribution < 1.29 is 28.8 Å². The molecule has 3 rings (SSSR count). The lowest BCUT2D eigenvalue weighted by molar-refractivity contribution is 0.0500. The van der Waals surface area contributed by atoms with Gasteiger partial charge in [-0.2, -0.15) is 0 Å². The summed E-state index contributed by atoms with van der Waals surface area (Å²) in [5.41, 5.74) is 1.74. The Morgan fingerprint density at radius 1 is 0.960 bits per heavy atom. The van der Waals surface area contributed by atoms with Gasteiger partial charge in [0.1, 0.15) is 17.2 Å². The number of benzene rings is 2. The standard InChI is InChI=1S/C19H22O6/c1-21-11-24-14-5-3-13(4-6-14)17-10-23-18-9-15(25-12-22-2)7-8-16(18)19(17)20/h3-9,17,19-20H,10-12H2,1-2H3. The third kappa shape index (κ3) is 4.04. The van der Waals surface area contributed by atoms with Gasteiger partial charge < -0.3 is 28.8 Å². The van der Waals surface area contributed by atoms with E-state index in [1.165, 1.54) is 0 Å². The second-order valence-electron chi connectivity index (χ2n) is 5.73. The summed E-state index contributed by atoms with van der Waals surface area (Å²) in [6.45, 7) is 0.761. The van der Waals surface area contributed by atoms with Crippen LogP contribution < -0.4 is 14.2 Å².